The molecule has 4 nitrogen and oxygen atoms in total. The minimum absolute atomic E-state index is 0.153. The maximum atomic E-state index is 12.0. The fourth-order valence-corrected chi connectivity index (χ4v) is 3.42. The van der Waals surface area contributed by atoms with Crippen molar-refractivity contribution in [1.82, 2.24) is 15.2 Å². The molecule has 0 aliphatic rings. The predicted molar refractivity (Wildman–Crippen MR) is 112 cm³/mol. The summed E-state index contributed by atoms with van der Waals surface area (Å²) >= 11 is 0. The average molecular weight is 364 g/mol. The highest BCUT2D eigenvalue weighted by Gasteiger charge is 2.06. The van der Waals surface area contributed by atoms with E-state index in [1.165, 1.54) is 16.5 Å². The Morgan fingerprint density at radius 1 is 1.04 bits per heavy atom. The van der Waals surface area contributed by atoms with Crippen LogP contribution in [0.1, 0.15) is 30.4 Å². The SMILES string of the molecule is CN(CCCNC(=O)CCCc1c[nH]c2ccccc12)Cc1ccccc1. The Morgan fingerprint density at radius 2 is 1.81 bits per heavy atom. The maximum absolute atomic E-state index is 12.0. The highest BCUT2D eigenvalue weighted by molar-refractivity contribution is 5.83. The number of nitrogens with zero attached hydrogens (tertiary/aromatic N) is 1. The summed E-state index contributed by atoms with van der Waals surface area (Å²) in [5.41, 5.74) is 3.78. The number of rotatable bonds is 10. The quantitative estimate of drug-likeness (QED) is 0.532. The van der Waals surface area contributed by atoms with Gasteiger partial charge in [0.2, 0.25) is 5.91 Å². The van der Waals surface area contributed by atoms with E-state index in [1.807, 2.05) is 12.1 Å². The van der Waals surface area contributed by atoms with E-state index in [1.54, 1.807) is 0 Å². The topological polar surface area (TPSA) is 48.1 Å². The van der Waals surface area contributed by atoms with E-state index in [2.05, 4.69) is 70.9 Å². The summed E-state index contributed by atoms with van der Waals surface area (Å²) in [5, 5.41) is 4.31. The number of nitrogens with one attached hydrogen (secondary N) is 2. The van der Waals surface area contributed by atoms with Gasteiger partial charge >= 0.3 is 0 Å². The zero-order valence-corrected chi connectivity index (χ0v) is 16.1. The summed E-state index contributed by atoms with van der Waals surface area (Å²) < 4.78 is 0. The van der Waals surface area contributed by atoms with Crippen LogP contribution in [0, 0.1) is 0 Å². The van der Waals surface area contributed by atoms with Gasteiger partial charge in [-0.3, -0.25) is 4.79 Å². The lowest BCUT2D eigenvalue weighted by Crippen LogP contribution is -2.28. The molecule has 0 fully saturated rings. The van der Waals surface area contributed by atoms with Crippen LogP contribution in [0.5, 0.6) is 0 Å². The van der Waals surface area contributed by atoms with E-state index in [9.17, 15) is 4.79 Å². The lowest BCUT2D eigenvalue weighted by atomic mass is 10.1. The number of para-hydroxylation sites is 1. The van der Waals surface area contributed by atoms with E-state index in [0.29, 0.717) is 6.42 Å². The van der Waals surface area contributed by atoms with Crippen LogP contribution in [0.15, 0.2) is 60.8 Å². The van der Waals surface area contributed by atoms with E-state index in [-0.39, 0.29) is 5.91 Å². The molecule has 2 aromatic carbocycles. The molecule has 0 atom stereocenters. The van der Waals surface area contributed by atoms with Crippen molar-refractivity contribution in [3.8, 4) is 0 Å². The predicted octanol–water partition coefficient (Wildman–Crippen LogP) is 4.13. The monoisotopic (exact) mass is 363 g/mol. The summed E-state index contributed by atoms with van der Waals surface area (Å²) in [5.74, 6) is 0.153. The van der Waals surface area contributed by atoms with Crippen LogP contribution >= 0.6 is 0 Å². The molecule has 2 N–H and O–H groups in total. The Bertz CT molecular complexity index is 841. The van der Waals surface area contributed by atoms with E-state index >= 15 is 0 Å². The van der Waals surface area contributed by atoms with Crippen LogP contribution in [0.4, 0.5) is 0 Å². The van der Waals surface area contributed by atoms with Crippen molar-refractivity contribution >= 4 is 16.8 Å². The molecule has 3 aromatic rings. The van der Waals surface area contributed by atoms with Crippen LogP contribution in [0.25, 0.3) is 10.9 Å². The standard InChI is InChI=1S/C23H29N3O/c1-26(18-19-9-3-2-4-10-19)16-8-15-24-23(27)14-7-11-20-17-25-22-13-6-5-12-21(20)22/h2-6,9-10,12-13,17,25H,7-8,11,14-16,18H2,1H3,(H,24,27). The molecule has 27 heavy (non-hydrogen) atoms. The molecule has 0 radical (unpaired) electrons. The second kappa shape index (κ2) is 9.93. The van der Waals surface area contributed by atoms with Gasteiger partial charge in [0.15, 0.2) is 0 Å². The summed E-state index contributed by atoms with van der Waals surface area (Å²) in [6.45, 7) is 2.66. The van der Waals surface area contributed by atoms with E-state index in [0.717, 1.165) is 44.4 Å². The summed E-state index contributed by atoms with van der Waals surface area (Å²) in [4.78, 5) is 17.6. The van der Waals surface area contributed by atoms with Gasteiger partial charge in [0.05, 0.1) is 0 Å². The van der Waals surface area contributed by atoms with Gasteiger partial charge in [-0.05, 0) is 50.0 Å². The van der Waals surface area contributed by atoms with Crippen molar-refractivity contribution in [3.05, 3.63) is 71.9 Å². The Kier molecular flexibility index (Phi) is 7.05. The first-order valence-corrected chi connectivity index (χ1v) is 9.76. The zero-order valence-electron chi connectivity index (χ0n) is 16.1. The van der Waals surface area contributed by atoms with Crippen LogP contribution < -0.4 is 5.32 Å². The van der Waals surface area contributed by atoms with Crippen LogP contribution in [-0.2, 0) is 17.8 Å². The number of aryl methyl sites for hydroxylation is 1. The van der Waals surface area contributed by atoms with Crippen molar-refractivity contribution in [2.24, 2.45) is 0 Å². The summed E-state index contributed by atoms with van der Waals surface area (Å²) in [6, 6.07) is 18.8. The minimum Gasteiger partial charge on any atom is -0.361 e. The summed E-state index contributed by atoms with van der Waals surface area (Å²) in [6.07, 6.45) is 5.42. The zero-order chi connectivity index (χ0) is 18.9. The van der Waals surface area contributed by atoms with Gasteiger partial charge in [0, 0.05) is 36.6 Å². The second-order valence-corrected chi connectivity index (χ2v) is 7.14. The molecule has 4 heteroatoms. The fraction of sp³-hybridized carbons (Fsp3) is 0.348. The third-order valence-corrected chi connectivity index (χ3v) is 4.86. The molecule has 1 aromatic heterocycles. The molecule has 0 spiro atoms. The number of aromatic amines is 1. The van der Waals surface area contributed by atoms with Gasteiger partial charge in [0.1, 0.15) is 0 Å². The highest BCUT2D eigenvalue weighted by atomic mass is 16.1. The molecule has 0 aliphatic carbocycles. The Labute approximate surface area is 161 Å². The second-order valence-electron chi connectivity index (χ2n) is 7.14. The minimum atomic E-state index is 0.153. The number of carbonyl (C=O) groups is 1. The smallest absolute Gasteiger partial charge is 0.220 e. The molecule has 0 saturated carbocycles. The van der Waals surface area contributed by atoms with Gasteiger partial charge in [-0.25, -0.2) is 0 Å². The van der Waals surface area contributed by atoms with Gasteiger partial charge in [-0.2, -0.15) is 0 Å². The van der Waals surface area contributed by atoms with Crippen LogP contribution in [0.2, 0.25) is 0 Å². The number of H-pyrrole nitrogens is 1. The van der Waals surface area contributed by atoms with Gasteiger partial charge < -0.3 is 15.2 Å². The number of amides is 1. The normalized spacial score (nSPS) is 11.2. The Morgan fingerprint density at radius 3 is 2.67 bits per heavy atom. The number of aromatic nitrogens is 1. The van der Waals surface area contributed by atoms with Crippen LogP contribution in [0.3, 0.4) is 0 Å². The molecule has 3 rings (SSSR count). The number of hydrogen-bond donors (Lipinski definition) is 2. The molecular formula is C23H29N3O. The molecule has 142 valence electrons. The Balaban J connectivity index is 1.28. The average Bonchev–Trinajstić information content (AvgIpc) is 3.09. The largest absolute Gasteiger partial charge is 0.361 e. The number of carbonyl (C=O) groups excluding carboxylic acids is 1. The van der Waals surface area contributed by atoms with E-state index < -0.39 is 0 Å². The first-order valence-electron chi connectivity index (χ1n) is 9.76. The van der Waals surface area contributed by atoms with Gasteiger partial charge in [-0.15, -0.1) is 0 Å². The number of benzene rings is 2. The third kappa shape index (κ3) is 5.97. The third-order valence-electron chi connectivity index (χ3n) is 4.86. The van der Waals surface area contributed by atoms with Crippen molar-refractivity contribution in [3.63, 3.8) is 0 Å². The lowest BCUT2D eigenvalue weighted by molar-refractivity contribution is -0.121. The molecule has 0 unspecified atom stereocenters. The van der Waals surface area contributed by atoms with Crippen molar-refractivity contribution in [2.75, 3.05) is 20.1 Å². The fourth-order valence-electron chi connectivity index (χ4n) is 3.42. The maximum Gasteiger partial charge on any atom is 0.220 e. The first-order chi connectivity index (χ1) is 13.2. The molecule has 0 aliphatic heterocycles. The molecular weight excluding hydrogens is 334 g/mol. The molecule has 1 heterocycles. The van der Waals surface area contributed by atoms with Crippen molar-refractivity contribution in [2.45, 2.75) is 32.2 Å². The van der Waals surface area contributed by atoms with Crippen molar-refractivity contribution < 1.29 is 4.79 Å². The number of fused-ring (bicyclic) bond motifs is 1. The molecule has 0 saturated heterocycles. The number of hydrogen-bond acceptors (Lipinski definition) is 2. The van der Waals surface area contributed by atoms with E-state index in [4.69, 9.17) is 0 Å². The molecule has 1 amide bonds. The highest BCUT2D eigenvalue weighted by Crippen LogP contribution is 2.19. The van der Waals surface area contributed by atoms with Gasteiger partial charge in [-0.1, -0.05) is 48.5 Å². The van der Waals surface area contributed by atoms with Crippen LogP contribution in [-0.4, -0.2) is 35.9 Å². The first kappa shape index (κ1) is 19.2. The lowest BCUT2D eigenvalue weighted by Gasteiger charge is -2.16. The van der Waals surface area contributed by atoms with Gasteiger partial charge in [0.25, 0.3) is 0 Å². The van der Waals surface area contributed by atoms with Crippen molar-refractivity contribution in [1.29, 1.82) is 0 Å². The summed E-state index contributed by atoms with van der Waals surface area (Å²) in [7, 11) is 2.12. The molecule has 0 bridgehead atoms. The Hall–Kier alpha value is -2.59.